The lowest BCUT2D eigenvalue weighted by molar-refractivity contribution is -0.906. The SMILES string of the molecule is CC1C[C@H](OS(C)(=O)=O)C[N+]1(C(N)=O)C(C)(C)C. The lowest BCUT2D eigenvalue weighted by Crippen LogP contribution is -2.67. The van der Waals surface area contributed by atoms with Crippen LogP contribution in [0.15, 0.2) is 0 Å². The number of hydrogen-bond donors (Lipinski definition) is 1. The number of rotatable bonds is 2. The third-order valence-corrected chi connectivity index (χ3v) is 4.37. The summed E-state index contributed by atoms with van der Waals surface area (Å²) in [4.78, 5) is 11.9. The van der Waals surface area contributed by atoms with Crippen molar-refractivity contribution in [2.75, 3.05) is 12.8 Å². The van der Waals surface area contributed by atoms with Crippen LogP contribution in [-0.2, 0) is 14.3 Å². The molecule has 0 aliphatic carbocycles. The summed E-state index contributed by atoms with van der Waals surface area (Å²) in [5, 5.41) is 0. The second kappa shape index (κ2) is 4.47. The molecule has 1 saturated heterocycles. The number of nitrogens with zero attached hydrogens (tertiary/aromatic N) is 1. The second-order valence-corrected chi connectivity index (χ2v) is 7.67. The van der Waals surface area contributed by atoms with Crippen molar-refractivity contribution in [3.8, 4) is 0 Å². The molecular formula is C11H23N2O4S+. The molecule has 0 saturated carbocycles. The Morgan fingerprint density at radius 2 is 1.89 bits per heavy atom. The molecule has 3 atom stereocenters. The van der Waals surface area contributed by atoms with Crippen molar-refractivity contribution in [3.63, 3.8) is 0 Å². The van der Waals surface area contributed by atoms with Gasteiger partial charge in [-0.25, -0.2) is 9.28 Å². The third kappa shape index (κ3) is 2.67. The third-order valence-electron chi connectivity index (χ3n) is 3.75. The number of nitrogens with two attached hydrogens (primary N) is 1. The maximum Gasteiger partial charge on any atom is 0.414 e. The largest absolute Gasteiger partial charge is 0.414 e. The number of urea groups is 1. The summed E-state index contributed by atoms with van der Waals surface area (Å²) < 4.78 is 27.4. The van der Waals surface area contributed by atoms with Gasteiger partial charge in [0.2, 0.25) is 0 Å². The first-order valence-corrected chi connectivity index (χ1v) is 7.78. The van der Waals surface area contributed by atoms with E-state index < -0.39 is 22.3 Å². The Bertz CT molecular complexity index is 440. The molecule has 0 spiro atoms. The van der Waals surface area contributed by atoms with E-state index in [4.69, 9.17) is 9.92 Å². The molecule has 7 heteroatoms. The first-order valence-electron chi connectivity index (χ1n) is 5.96. The molecule has 2 amide bonds. The molecule has 2 unspecified atom stereocenters. The standard InChI is InChI=1S/C11H22N2O4S/c1-8-6-9(17-18(5,15)16)7-13(8,10(12)14)11(2,3)4/h8-9H,6-7H2,1-5H3,(H-,12,14)/p+1/t8?,9-,13?/m0/s1. The van der Waals surface area contributed by atoms with E-state index in [0.717, 1.165) is 6.26 Å². The van der Waals surface area contributed by atoms with Crippen LogP contribution >= 0.6 is 0 Å². The van der Waals surface area contributed by atoms with Gasteiger partial charge in [-0.3, -0.25) is 4.18 Å². The van der Waals surface area contributed by atoms with Gasteiger partial charge in [-0.05, 0) is 27.7 Å². The summed E-state index contributed by atoms with van der Waals surface area (Å²) in [7, 11) is -3.51. The lowest BCUT2D eigenvalue weighted by atomic mass is 10.0. The van der Waals surface area contributed by atoms with Crippen molar-refractivity contribution in [1.29, 1.82) is 0 Å². The van der Waals surface area contributed by atoms with Crippen LogP contribution in [0.25, 0.3) is 0 Å². The van der Waals surface area contributed by atoms with E-state index in [-0.39, 0.29) is 16.1 Å². The van der Waals surface area contributed by atoms with Gasteiger partial charge in [-0.15, -0.1) is 0 Å². The van der Waals surface area contributed by atoms with Gasteiger partial charge in [0.15, 0.2) is 0 Å². The predicted octanol–water partition coefficient (Wildman–Crippen LogP) is 0.817. The summed E-state index contributed by atoms with van der Waals surface area (Å²) >= 11 is 0. The van der Waals surface area contributed by atoms with Crippen molar-refractivity contribution in [2.45, 2.75) is 51.8 Å². The minimum absolute atomic E-state index is 0.0488. The van der Waals surface area contributed by atoms with E-state index >= 15 is 0 Å². The number of amides is 2. The Kier molecular flexibility index (Phi) is 3.82. The maximum absolute atomic E-state index is 11.9. The zero-order valence-corrected chi connectivity index (χ0v) is 12.5. The summed E-state index contributed by atoms with van der Waals surface area (Å²) in [5.74, 6) is 0. The zero-order valence-electron chi connectivity index (χ0n) is 11.6. The van der Waals surface area contributed by atoms with E-state index in [1.165, 1.54) is 0 Å². The van der Waals surface area contributed by atoms with Gasteiger partial charge >= 0.3 is 6.03 Å². The number of hydrogen-bond acceptors (Lipinski definition) is 4. The lowest BCUT2D eigenvalue weighted by Gasteiger charge is -2.44. The smallest absolute Gasteiger partial charge is 0.319 e. The van der Waals surface area contributed by atoms with Gasteiger partial charge in [0.1, 0.15) is 12.6 Å². The fourth-order valence-corrected chi connectivity index (χ4v) is 3.66. The Morgan fingerprint density at radius 1 is 1.39 bits per heavy atom. The monoisotopic (exact) mass is 279 g/mol. The van der Waals surface area contributed by atoms with Crippen LogP contribution in [-0.4, -0.2) is 49.4 Å². The van der Waals surface area contributed by atoms with Crippen LogP contribution in [0.4, 0.5) is 4.79 Å². The van der Waals surface area contributed by atoms with Gasteiger partial charge in [0.05, 0.1) is 17.8 Å². The topological polar surface area (TPSA) is 86.5 Å². The van der Waals surface area contributed by atoms with E-state index in [1.54, 1.807) is 0 Å². The quantitative estimate of drug-likeness (QED) is 0.599. The van der Waals surface area contributed by atoms with Crippen molar-refractivity contribution in [3.05, 3.63) is 0 Å². The van der Waals surface area contributed by atoms with E-state index in [1.807, 2.05) is 27.7 Å². The fourth-order valence-electron chi connectivity index (χ4n) is 3.03. The van der Waals surface area contributed by atoms with Crippen LogP contribution < -0.4 is 5.73 Å². The Morgan fingerprint density at radius 3 is 2.17 bits per heavy atom. The number of carbonyl (C=O) groups excluding carboxylic acids is 1. The van der Waals surface area contributed by atoms with E-state index in [9.17, 15) is 13.2 Å². The summed E-state index contributed by atoms with van der Waals surface area (Å²) in [5.41, 5.74) is 5.18. The molecule has 1 heterocycles. The molecule has 0 aromatic rings. The highest BCUT2D eigenvalue weighted by molar-refractivity contribution is 7.86. The highest BCUT2D eigenvalue weighted by Gasteiger charge is 2.57. The van der Waals surface area contributed by atoms with E-state index in [0.29, 0.717) is 13.0 Å². The average molecular weight is 279 g/mol. The molecule has 0 bridgehead atoms. The molecule has 0 aromatic carbocycles. The highest BCUT2D eigenvalue weighted by Crippen LogP contribution is 2.37. The summed E-state index contributed by atoms with van der Waals surface area (Å²) in [6, 6.07) is -0.496. The Labute approximate surface area is 109 Å². The van der Waals surface area contributed by atoms with E-state index in [2.05, 4.69) is 0 Å². The second-order valence-electron chi connectivity index (χ2n) is 6.07. The summed E-state index contributed by atoms with van der Waals surface area (Å²) in [6.07, 6.45) is 1.04. The van der Waals surface area contributed by atoms with Gasteiger partial charge in [0.25, 0.3) is 10.1 Å². The minimum Gasteiger partial charge on any atom is -0.319 e. The highest BCUT2D eigenvalue weighted by atomic mass is 32.2. The van der Waals surface area contributed by atoms with Crippen LogP contribution in [0.2, 0.25) is 0 Å². The molecule has 1 aliphatic rings. The molecule has 1 rings (SSSR count). The maximum atomic E-state index is 11.9. The molecule has 0 radical (unpaired) electrons. The number of likely N-dealkylation sites (tertiary alicyclic amines) is 1. The van der Waals surface area contributed by atoms with Crippen LogP contribution in [0.1, 0.15) is 34.1 Å². The first-order chi connectivity index (χ1) is 7.90. The summed E-state index contributed by atoms with van der Waals surface area (Å²) in [6.45, 7) is 7.99. The van der Waals surface area contributed by atoms with Gasteiger partial charge in [0, 0.05) is 6.42 Å². The number of carbonyl (C=O) groups is 1. The van der Waals surface area contributed by atoms with Crippen LogP contribution in [0.5, 0.6) is 0 Å². The minimum atomic E-state index is -3.51. The Balaban J connectivity index is 3.07. The molecule has 106 valence electrons. The zero-order chi connectivity index (χ0) is 14.4. The number of quaternary nitrogens is 1. The molecular weight excluding hydrogens is 256 g/mol. The molecule has 1 aliphatic heterocycles. The van der Waals surface area contributed by atoms with Crippen LogP contribution in [0.3, 0.4) is 0 Å². The van der Waals surface area contributed by atoms with Crippen molar-refractivity contribution in [2.24, 2.45) is 5.73 Å². The van der Waals surface area contributed by atoms with Crippen LogP contribution in [0, 0.1) is 0 Å². The van der Waals surface area contributed by atoms with Gasteiger partial charge in [-0.2, -0.15) is 8.42 Å². The van der Waals surface area contributed by atoms with Crippen molar-refractivity contribution < 1.29 is 21.9 Å². The normalized spacial score (nSPS) is 33.6. The molecule has 18 heavy (non-hydrogen) atoms. The molecule has 1 fully saturated rings. The number of primary amides is 1. The average Bonchev–Trinajstić information content (AvgIpc) is 2.38. The fraction of sp³-hybridized carbons (Fsp3) is 0.909. The van der Waals surface area contributed by atoms with Gasteiger partial charge in [-0.1, -0.05) is 0 Å². The van der Waals surface area contributed by atoms with Crippen molar-refractivity contribution in [1.82, 2.24) is 0 Å². The Hall–Kier alpha value is -0.660. The molecule has 2 N–H and O–H groups in total. The van der Waals surface area contributed by atoms with Crippen molar-refractivity contribution >= 4 is 16.1 Å². The first kappa shape index (κ1) is 15.4. The molecule has 0 aromatic heterocycles. The molecule has 6 nitrogen and oxygen atoms in total. The van der Waals surface area contributed by atoms with Gasteiger partial charge < -0.3 is 5.73 Å². The predicted molar refractivity (Wildman–Crippen MR) is 68.3 cm³/mol.